The number of ether oxygens (including phenoxy) is 2. The van der Waals surface area contributed by atoms with Crippen LogP contribution in [0.15, 0.2) is 29.1 Å². The number of aromatic nitrogens is 4. The molecule has 2 aromatic rings. The molecule has 0 aliphatic heterocycles. The van der Waals surface area contributed by atoms with Gasteiger partial charge in [0.05, 0.1) is 12.6 Å². The van der Waals surface area contributed by atoms with Crippen molar-refractivity contribution in [1.29, 1.82) is 0 Å². The molecule has 0 bridgehead atoms. The lowest BCUT2D eigenvalue weighted by Crippen LogP contribution is -2.31. The highest BCUT2D eigenvalue weighted by Gasteiger charge is 2.23. The molecule has 0 spiro atoms. The van der Waals surface area contributed by atoms with Gasteiger partial charge in [-0.15, -0.1) is 0 Å². The van der Waals surface area contributed by atoms with Crippen LogP contribution >= 0.6 is 0 Å². The summed E-state index contributed by atoms with van der Waals surface area (Å²) in [7, 11) is 1.63. The van der Waals surface area contributed by atoms with Crippen molar-refractivity contribution in [1.82, 2.24) is 19.8 Å². The fourth-order valence-corrected chi connectivity index (χ4v) is 2.37. The summed E-state index contributed by atoms with van der Waals surface area (Å²) in [6.45, 7) is 1.25. The van der Waals surface area contributed by atoms with E-state index in [4.69, 9.17) is 9.47 Å². The summed E-state index contributed by atoms with van der Waals surface area (Å²) in [4.78, 5) is 12.1. The Morgan fingerprint density at radius 1 is 1.29 bits per heavy atom. The number of methoxy groups -OCH3 is 1. The van der Waals surface area contributed by atoms with Crippen molar-refractivity contribution >= 4 is 0 Å². The molecule has 24 heavy (non-hydrogen) atoms. The summed E-state index contributed by atoms with van der Waals surface area (Å²) >= 11 is 0. The van der Waals surface area contributed by atoms with Gasteiger partial charge in [0.15, 0.2) is 0 Å². The maximum Gasteiger partial charge on any atom is 0.364 e. The molecule has 126 valence electrons. The van der Waals surface area contributed by atoms with E-state index in [0.29, 0.717) is 13.2 Å². The molecule has 7 nitrogen and oxygen atoms in total. The van der Waals surface area contributed by atoms with Gasteiger partial charge in [0.1, 0.15) is 18.9 Å². The largest absolute Gasteiger partial charge is 0.491 e. The van der Waals surface area contributed by atoms with Gasteiger partial charge in [0.25, 0.3) is 0 Å². The van der Waals surface area contributed by atoms with Gasteiger partial charge in [-0.25, -0.2) is 4.79 Å². The highest BCUT2D eigenvalue weighted by atomic mass is 16.5. The Bertz CT molecular complexity index is 796. The predicted octanol–water partition coefficient (Wildman–Crippen LogP) is 1.24. The van der Waals surface area contributed by atoms with Gasteiger partial charge in [-0.05, 0) is 47.9 Å². The molecule has 1 aromatic carbocycles. The Kier molecular flexibility index (Phi) is 5.29. The van der Waals surface area contributed by atoms with Crippen LogP contribution in [0.25, 0.3) is 0 Å². The van der Waals surface area contributed by atoms with Crippen LogP contribution in [0.4, 0.5) is 0 Å². The molecule has 1 fully saturated rings. The number of tetrazole rings is 1. The molecule has 1 aliphatic carbocycles. The second kappa shape index (κ2) is 7.79. The quantitative estimate of drug-likeness (QED) is 0.589. The molecule has 0 atom stereocenters. The molecular weight excluding hydrogens is 308 g/mol. The van der Waals surface area contributed by atoms with Crippen LogP contribution in [0, 0.1) is 11.8 Å². The minimum Gasteiger partial charge on any atom is -0.491 e. The zero-order valence-corrected chi connectivity index (χ0v) is 13.6. The van der Waals surface area contributed by atoms with Crippen LogP contribution in [0.1, 0.15) is 30.9 Å². The Labute approximate surface area is 140 Å². The first-order valence-corrected chi connectivity index (χ1v) is 8.01. The first-order chi connectivity index (χ1) is 11.8. The second-order valence-corrected chi connectivity index (χ2v) is 5.62. The van der Waals surface area contributed by atoms with Crippen molar-refractivity contribution in [2.45, 2.75) is 31.8 Å². The molecule has 1 heterocycles. The zero-order chi connectivity index (χ0) is 16.8. The van der Waals surface area contributed by atoms with Gasteiger partial charge < -0.3 is 9.47 Å². The fourth-order valence-electron chi connectivity index (χ4n) is 2.37. The normalized spacial score (nSPS) is 13.9. The summed E-state index contributed by atoms with van der Waals surface area (Å²) in [5.41, 5.74) is 0.634. The third kappa shape index (κ3) is 3.84. The lowest BCUT2D eigenvalue weighted by atomic mass is 9.93. The minimum absolute atomic E-state index is 0.189. The highest BCUT2D eigenvalue weighted by molar-refractivity contribution is 5.39. The van der Waals surface area contributed by atoms with Gasteiger partial charge in [0, 0.05) is 12.7 Å². The average molecular weight is 328 g/mol. The third-order valence-electron chi connectivity index (χ3n) is 3.93. The topological polar surface area (TPSA) is 71.2 Å². The summed E-state index contributed by atoms with van der Waals surface area (Å²) < 4.78 is 13.3. The molecule has 3 rings (SSSR count). The van der Waals surface area contributed by atoms with Crippen molar-refractivity contribution in [3.05, 3.63) is 40.3 Å². The Balaban J connectivity index is 1.62. The molecule has 0 saturated heterocycles. The van der Waals surface area contributed by atoms with Gasteiger partial charge in [-0.2, -0.15) is 9.36 Å². The monoisotopic (exact) mass is 328 g/mol. The van der Waals surface area contributed by atoms with Crippen LogP contribution in [-0.4, -0.2) is 40.1 Å². The Hall–Kier alpha value is -2.59. The summed E-state index contributed by atoms with van der Waals surface area (Å²) in [5, 5.41) is 7.83. The van der Waals surface area contributed by atoms with E-state index < -0.39 is 0 Å². The van der Waals surface area contributed by atoms with E-state index in [-0.39, 0.29) is 18.3 Å². The summed E-state index contributed by atoms with van der Waals surface area (Å²) in [5.74, 6) is 6.72. The van der Waals surface area contributed by atoms with E-state index in [0.717, 1.165) is 30.6 Å². The van der Waals surface area contributed by atoms with E-state index in [1.54, 1.807) is 7.11 Å². The smallest absolute Gasteiger partial charge is 0.364 e. The molecule has 0 radical (unpaired) electrons. The number of rotatable bonds is 6. The van der Waals surface area contributed by atoms with E-state index >= 15 is 0 Å². The van der Waals surface area contributed by atoms with Gasteiger partial charge in [-0.1, -0.05) is 17.9 Å². The molecule has 0 amide bonds. The van der Waals surface area contributed by atoms with Crippen molar-refractivity contribution in [2.24, 2.45) is 0 Å². The third-order valence-corrected chi connectivity index (χ3v) is 3.93. The van der Waals surface area contributed by atoms with E-state index in [1.807, 2.05) is 24.3 Å². The molecule has 0 N–H and O–H groups in total. The Morgan fingerprint density at radius 3 is 2.92 bits per heavy atom. The van der Waals surface area contributed by atoms with Crippen LogP contribution in [-0.2, 0) is 11.3 Å². The van der Waals surface area contributed by atoms with E-state index in [2.05, 4.69) is 22.3 Å². The van der Waals surface area contributed by atoms with E-state index in [9.17, 15) is 4.79 Å². The van der Waals surface area contributed by atoms with Gasteiger partial charge in [0.2, 0.25) is 0 Å². The Morgan fingerprint density at radius 2 is 2.17 bits per heavy atom. The van der Waals surface area contributed by atoms with Gasteiger partial charge >= 0.3 is 5.69 Å². The summed E-state index contributed by atoms with van der Waals surface area (Å²) in [6.07, 6.45) is 3.15. The van der Waals surface area contributed by atoms with Crippen molar-refractivity contribution < 1.29 is 9.47 Å². The first kappa shape index (κ1) is 16.3. The standard InChI is InChI=1S/C17H20N4O3/c1-23-11-12-24-16-9-2-5-14(13-16)6-4-10-20-17(22)21(19-18-20)15-7-3-8-15/h2,5,9,13,15H,3,7-8,10-12H2,1H3. The van der Waals surface area contributed by atoms with Crippen molar-refractivity contribution in [2.75, 3.05) is 20.3 Å². The number of hydrogen-bond acceptors (Lipinski definition) is 5. The number of hydrogen-bond donors (Lipinski definition) is 0. The van der Waals surface area contributed by atoms with Crippen LogP contribution in [0.5, 0.6) is 5.75 Å². The van der Waals surface area contributed by atoms with Crippen LogP contribution in [0.2, 0.25) is 0 Å². The SMILES string of the molecule is COCCOc1cccc(C#CCn2nnn(C3CCC3)c2=O)c1. The van der Waals surface area contributed by atoms with Gasteiger partial charge in [-0.3, -0.25) is 0 Å². The van der Waals surface area contributed by atoms with Crippen LogP contribution < -0.4 is 10.4 Å². The van der Waals surface area contributed by atoms with E-state index in [1.165, 1.54) is 9.36 Å². The molecular formula is C17H20N4O3. The molecule has 1 aliphatic rings. The highest BCUT2D eigenvalue weighted by Crippen LogP contribution is 2.28. The lowest BCUT2D eigenvalue weighted by molar-refractivity contribution is 0.146. The molecule has 1 aromatic heterocycles. The molecule has 1 saturated carbocycles. The zero-order valence-electron chi connectivity index (χ0n) is 13.6. The molecule has 7 heteroatoms. The maximum absolute atomic E-state index is 12.1. The fraction of sp³-hybridized carbons (Fsp3) is 0.471. The number of nitrogens with zero attached hydrogens (tertiary/aromatic N) is 4. The minimum atomic E-state index is -0.189. The van der Waals surface area contributed by atoms with Crippen molar-refractivity contribution in [3.8, 4) is 17.6 Å². The number of benzene rings is 1. The average Bonchev–Trinajstić information content (AvgIpc) is 2.88. The first-order valence-electron chi connectivity index (χ1n) is 8.01. The summed E-state index contributed by atoms with van der Waals surface area (Å²) in [6, 6.07) is 7.71. The van der Waals surface area contributed by atoms with Crippen LogP contribution in [0.3, 0.4) is 0 Å². The lowest BCUT2D eigenvalue weighted by Gasteiger charge is -2.23. The maximum atomic E-state index is 12.1. The predicted molar refractivity (Wildman–Crippen MR) is 87.9 cm³/mol. The second-order valence-electron chi connectivity index (χ2n) is 5.62. The van der Waals surface area contributed by atoms with Crippen molar-refractivity contribution in [3.63, 3.8) is 0 Å². The molecule has 0 unspecified atom stereocenters.